The maximum absolute atomic E-state index is 5.45. The van der Waals surface area contributed by atoms with Crippen LogP contribution in [0.25, 0.3) is 10.6 Å². The molecule has 0 heterocycles. The summed E-state index contributed by atoms with van der Waals surface area (Å²) in [5.41, 5.74) is 0. The molecule has 0 saturated heterocycles. The van der Waals surface area contributed by atoms with Crippen molar-refractivity contribution in [1.82, 2.24) is 0 Å². The van der Waals surface area contributed by atoms with E-state index in [4.69, 9.17) is 29.2 Å². The number of halogens is 2. The Morgan fingerprint density at radius 1 is 0.500 bits per heavy atom. The Morgan fingerprint density at radius 3 is 1.23 bits per heavy atom. The molecule has 2 nitrogen and oxygen atoms in total. The molecule has 0 spiro atoms. The van der Waals surface area contributed by atoms with Crippen molar-refractivity contribution in [3.63, 3.8) is 0 Å². The van der Waals surface area contributed by atoms with Crippen LogP contribution >= 0.6 is 18.6 Å². The molecule has 4 aliphatic rings. The van der Waals surface area contributed by atoms with E-state index in [2.05, 4.69) is 0 Å². The van der Waals surface area contributed by atoms with Crippen LogP contribution in [-0.2, 0) is 17.0 Å². The number of hydrogen-bond donors (Lipinski definition) is 0. The first-order chi connectivity index (χ1) is 14.8. The van der Waals surface area contributed by atoms with Gasteiger partial charge in [0, 0.05) is 0 Å². The molecule has 4 saturated carbocycles. The van der Waals surface area contributed by atoms with Crippen LogP contribution in [0.5, 0.6) is 0 Å². The maximum atomic E-state index is 5.45. The van der Waals surface area contributed by atoms with E-state index < -0.39 is 17.0 Å². The Labute approximate surface area is 203 Å². The minimum absolute atomic E-state index is 0.556. The molecule has 0 bridgehead atoms. The molecule has 0 aromatic carbocycles. The molecule has 4 fully saturated rings. The predicted octanol–water partition coefficient (Wildman–Crippen LogP) is 9.28. The molecule has 4 unspecified atom stereocenters. The van der Waals surface area contributed by atoms with Crippen LogP contribution in [0.2, 0.25) is 0 Å². The van der Waals surface area contributed by atoms with Crippen molar-refractivity contribution >= 4 is 18.6 Å². The normalized spacial score (nSPS) is 34.1. The molecule has 0 aromatic heterocycles. The topological polar surface area (TPSA) is 28.2 Å². The molecule has 30 heavy (non-hydrogen) atoms. The van der Waals surface area contributed by atoms with E-state index in [1.165, 1.54) is 122 Å². The van der Waals surface area contributed by atoms with Crippen LogP contribution in [-0.4, -0.2) is 24.2 Å². The summed E-state index contributed by atoms with van der Waals surface area (Å²) in [6.07, 6.45) is 27.0. The summed E-state index contributed by atoms with van der Waals surface area (Å²) in [4.78, 5) is 0. The van der Waals surface area contributed by atoms with Gasteiger partial charge in [-0.3, -0.25) is 0 Å². The molecule has 4 atom stereocenters. The Bertz CT molecular complexity index is 403. The van der Waals surface area contributed by atoms with E-state index in [1.807, 2.05) is 0 Å². The number of rotatable bonds is 6. The SMILES string of the molecule is C1CCC([N-]C2CCCCC2CC2CCCCC2[N-]C2CCCCC2)CC1.[Cl][Ti][Cl]. The summed E-state index contributed by atoms with van der Waals surface area (Å²) in [7, 11) is 9.78. The van der Waals surface area contributed by atoms with Gasteiger partial charge in [0.05, 0.1) is 0 Å². The number of nitrogens with zero attached hydrogens (tertiary/aromatic N) is 2. The average molecular weight is 491 g/mol. The van der Waals surface area contributed by atoms with Crippen LogP contribution in [0.1, 0.15) is 122 Å². The van der Waals surface area contributed by atoms with Crippen molar-refractivity contribution in [2.75, 3.05) is 0 Å². The zero-order chi connectivity index (χ0) is 21.0. The third-order valence-corrected chi connectivity index (χ3v) is 8.30. The van der Waals surface area contributed by atoms with Crippen molar-refractivity contribution in [2.45, 2.75) is 146 Å². The van der Waals surface area contributed by atoms with Crippen LogP contribution < -0.4 is 0 Å². The summed E-state index contributed by atoms with van der Waals surface area (Å²) >= 11 is -0.556. The van der Waals surface area contributed by atoms with Crippen molar-refractivity contribution in [2.24, 2.45) is 11.8 Å². The van der Waals surface area contributed by atoms with Crippen LogP contribution in [0.3, 0.4) is 0 Å². The zero-order valence-electron chi connectivity index (χ0n) is 19.0. The van der Waals surface area contributed by atoms with Crippen LogP contribution in [0.4, 0.5) is 0 Å². The molecule has 0 aliphatic heterocycles. The first kappa shape index (κ1) is 25.8. The van der Waals surface area contributed by atoms with Crippen molar-refractivity contribution in [3.05, 3.63) is 10.6 Å². The molecule has 5 heteroatoms. The second-order valence-corrected chi connectivity index (χ2v) is 13.0. The van der Waals surface area contributed by atoms with Gasteiger partial charge in [-0.2, -0.15) is 0 Å². The predicted molar refractivity (Wildman–Crippen MR) is 128 cm³/mol. The van der Waals surface area contributed by atoms with Gasteiger partial charge in [0.1, 0.15) is 0 Å². The Balaban J connectivity index is 0.000000806. The standard InChI is InChI=1S/C25H44N2.2ClH.Ti/c1-3-13-22(14-4-1)26-24-17-9-7-11-20(24)19-21-12-8-10-18-25(21)27-23-15-5-2-6-16-23;;;/h20-25H,1-19H2;2*1H;/q-2;;;+2/p-2. The molecule has 174 valence electrons. The zero-order valence-corrected chi connectivity index (χ0v) is 22.1. The van der Waals surface area contributed by atoms with E-state index in [1.54, 1.807) is 0 Å². The molecule has 4 rings (SSSR count). The van der Waals surface area contributed by atoms with Gasteiger partial charge in [0.2, 0.25) is 0 Å². The van der Waals surface area contributed by atoms with Crippen molar-refractivity contribution < 1.29 is 17.0 Å². The minimum atomic E-state index is -0.556. The second-order valence-electron chi connectivity index (χ2n) is 10.4. The van der Waals surface area contributed by atoms with Gasteiger partial charge in [-0.25, -0.2) is 0 Å². The first-order valence-electron chi connectivity index (χ1n) is 13.2. The quantitative estimate of drug-likeness (QED) is 0.331. The van der Waals surface area contributed by atoms with Gasteiger partial charge >= 0.3 is 35.6 Å². The van der Waals surface area contributed by atoms with Crippen LogP contribution in [0.15, 0.2) is 0 Å². The van der Waals surface area contributed by atoms with Crippen molar-refractivity contribution in [1.29, 1.82) is 0 Å². The van der Waals surface area contributed by atoms with Gasteiger partial charge in [-0.05, 0) is 0 Å². The fourth-order valence-electron chi connectivity index (χ4n) is 6.71. The van der Waals surface area contributed by atoms with Gasteiger partial charge in [-0.1, -0.05) is 134 Å². The Hall–Kier alpha value is 1.21. The van der Waals surface area contributed by atoms with Crippen LogP contribution in [0, 0.1) is 11.8 Å². The van der Waals surface area contributed by atoms with E-state index in [0.717, 1.165) is 11.8 Å². The Kier molecular flexibility index (Phi) is 13.1. The van der Waals surface area contributed by atoms with Crippen molar-refractivity contribution in [3.8, 4) is 0 Å². The first-order valence-corrected chi connectivity index (χ1v) is 17.5. The van der Waals surface area contributed by atoms with E-state index in [9.17, 15) is 0 Å². The summed E-state index contributed by atoms with van der Waals surface area (Å²) in [6, 6.07) is 2.80. The summed E-state index contributed by atoms with van der Waals surface area (Å²) in [6.45, 7) is 0. The third kappa shape index (κ3) is 8.87. The third-order valence-electron chi connectivity index (χ3n) is 8.30. The van der Waals surface area contributed by atoms with E-state index in [0.29, 0.717) is 24.2 Å². The molecule has 0 radical (unpaired) electrons. The van der Waals surface area contributed by atoms with Gasteiger partial charge in [0.25, 0.3) is 0 Å². The van der Waals surface area contributed by atoms with Gasteiger partial charge in [0.15, 0.2) is 0 Å². The van der Waals surface area contributed by atoms with Gasteiger partial charge < -0.3 is 10.6 Å². The molecular weight excluding hydrogens is 447 g/mol. The second kappa shape index (κ2) is 15.2. The monoisotopic (exact) mass is 490 g/mol. The molecular formula is C25H44Cl2N2Ti-2. The molecule has 0 aromatic rings. The fourth-order valence-corrected chi connectivity index (χ4v) is 6.71. The van der Waals surface area contributed by atoms with E-state index in [-0.39, 0.29) is 0 Å². The van der Waals surface area contributed by atoms with Gasteiger partial charge in [-0.15, -0.1) is 24.2 Å². The molecule has 4 aliphatic carbocycles. The summed E-state index contributed by atoms with van der Waals surface area (Å²) in [5.74, 6) is 1.76. The Morgan fingerprint density at radius 2 is 0.833 bits per heavy atom. The molecule has 0 amide bonds. The summed E-state index contributed by atoms with van der Waals surface area (Å²) < 4.78 is 0. The molecule has 0 N–H and O–H groups in total. The average Bonchev–Trinajstić information content (AvgIpc) is 2.78. The summed E-state index contributed by atoms with van der Waals surface area (Å²) in [5, 5.41) is 10.9. The number of hydrogen-bond acceptors (Lipinski definition) is 0. The fraction of sp³-hybridized carbons (Fsp3) is 1.00. The van der Waals surface area contributed by atoms with E-state index >= 15 is 0 Å².